The number of aryl methyl sites for hydroxylation is 2. The van der Waals surface area contributed by atoms with Crippen LogP contribution in [0.5, 0.6) is 0 Å². The zero-order valence-corrected chi connectivity index (χ0v) is 19.2. The van der Waals surface area contributed by atoms with Crippen LogP contribution in [0.15, 0.2) is 30.3 Å². The van der Waals surface area contributed by atoms with Gasteiger partial charge in [0.05, 0.1) is 16.7 Å². The molecule has 2 fully saturated rings. The van der Waals surface area contributed by atoms with Gasteiger partial charge in [0.1, 0.15) is 23.0 Å². The number of nitrogens with one attached hydrogen (secondary N) is 1. The van der Waals surface area contributed by atoms with Gasteiger partial charge in [-0.05, 0) is 51.2 Å². The van der Waals surface area contributed by atoms with Gasteiger partial charge in [-0.15, -0.1) is 0 Å². The minimum atomic E-state index is 0.369. The molecule has 3 aromatic heterocycles. The minimum absolute atomic E-state index is 0.369. The Kier molecular flexibility index (Phi) is 5.10. The Balaban J connectivity index is 1.47. The highest BCUT2D eigenvalue weighted by molar-refractivity contribution is 5.81. The first-order chi connectivity index (χ1) is 16.2. The molecule has 0 unspecified atom stereocenters. The minimum Gasteiger partial charge on any atom is -0.381 e. The smallest absolute Gasteiger partial charge is 0.160 e. The number of benzene rings is 1. The van der Waals surface area contributed by atoms with E-state index in [2.05, 4.69) is 29.3 Å². The van der Waals surface area contributed by atoms with Gasteiger partial charge < -0.3 is 15.0 Å². The Bertz CT molecular complexity index is 1320. The summed E-state index contributed by atoms with van der Waals surface area (Å²) in [7, 11) is 0. The van der Waals surface area contributed by atoms with Crippen LogP contribution in [0.1, 0.15) is 36.9 Å². The predicted octanol–water partition coefficient (Wildman–Crippen LogP) is 4.15. The SMILES string of the molecule is Cc1nc2cccc(C)c2nc1-c1cc2nc(N3CCCC3)cc(NC3CCOCC3)n2n1. The van der Waals surface area contributed by atoms with Gasteiger partial charge in [-0.25, -0.2) is 15.0 Å². The number of para-hydroxylation sites is 1. The maximum absolute atomic E-state index is 5.55. The van der Waals surface area contributed by atoms with Crippen LogP contribution < -0.4 is 10.2 Å². The van der Waals surface area contributed by atoms with Crippen molar-refractivity contribution in [1.29, 1.82) is 0 Å². The first kappa shape index (κ1) is 20.4. The lowest BCUT2D eigenvalue weighted by Crippen LogP contribution is -2.29. The largest absolute Gasteiger partial charge is 0.381 e. The zero-order chi connectivity index (χ0) is 22.4. The van der Waals surface area contributed by atoms with Crippen molar-refractivity contribution in [2.24, 2.45) is 0 Å². The van der Waals surface area contributed by atoms with Gasteiger partial charge in [-0.2, -0.15) is 9.61 Å². The molecule has 1 aromatic carbocycles. The molecular formula is C25H29N7O. The van der Waals surface area contributed by atoms with Gasteiger partial charge in [0.2, 0.25) is 0 Å². The van der Waals surface area contributed by atoms with Gasteiger partial charge in [-0.1, -0.05) is 12.1 Å². The summed E-state index contributed by atoms with van der Waals surface area (Å²) < 4.78 is 7.48. The number of fused-ring (bicyclic) bond motifs is 2. The maximum atomic E-state index is 5.55. The fourth-order valence-electron chi connectivity index (χ4n) is 4.89. The molecule has 0 amide bonds. The second kappa shape index (κ2) is 8.26. The number of ether oxygens (including phenoxy) is 1. The third kappa shape index (κ3) is 3.78. The van der Waals surface area contributed by atoms with Crippen molar-refractivity contribution in [3.63, 3.8) is 0 Å². The summed E-state index contributed by atoms with van der Waals surface area (Å²) in [6.45, 7) is 7.75. The normalized spacial score (nSPS) is 17.3. The third-order valence-electron chi connectivity index (χ3n) is 6.73. The van der Waals surface area contributed by atoms with Crippen LogP contribution >= 0.6 is 0 Å². The average molecular weight is 444 g/mol. The van der Waals surface area contributed by atoms with Crippen molar-refractivity contribution in [2.75, 3.05) is 36.5 Å². The fourth-order valence-corrected chi connectivity index (χ4v) is 4.89. The number of nitrogens with zero attached hydrogens (tertiary/aromatic N) is 6. The molecule has 0 radical (unpaired) electrons. The molecule has 2 saturated heterocycles. The molecule has 0 saturated carbocycles. The molecular weight excluding hydrogens is 414 g/mol. The van der Waals surface area contributed by atoms with E-state index in [0.29, 0.717) is 6.04 Å². The Labute approximate surface area is 193 Å². The maximum Gasteiger partial charge on any atom is 0.160 e. The van der Waals surface area contributed by atoms with Crippen molar-refractivity contribution in [1.82, 2.24) is 24.6 Å². The summed E-state index contributed by atoms with van der Waals surface area (Å²) in [6.07, 6.45) is 4.41. The van der Waals surface area contributed by atoms with E-state index in [0.717, 1.165) is 90.1 Å². The van der Waals surface area contributed by atoms with E-state index < -0.39 is 0 Å². The van der Waals surface area contributed by atoms with Crippen molar-refractivity contribution in [3.05, 3.63) is 41.6 Å². The van der Waals surface area contributed by atoms with Gasteiger partial charge in [-0.3, -0.25) is 0 Å². The third-order valence-corrected chi connectivity index (χ3v) is 6.73. The van der Waals surface area contributed by atoms with Gasteiger partial charge >= 0.3 is 0 Å². The van der Waals surface area contributed by atoms with Crippen molar-refractivity contribution >= 4 is 28.3 Å². The number of aromatic nitrogens is 5. The van der Waals surface area contributed by atoms with E-state index in [1.807, 2.05) is 29.6 Å². The zero-order valence-electron chi connectivity index (χ0n) is 19.2. The molecule has 1 N–H and O–H groups in total. The van der Waals surface area contributed by atoms with Crippen LogP contribution in [0.3, 0.4) is 0 Å². The summed E-state index contributed by atoms with van der Waals surface area (Å²) in [5.74, 6) is 1.99. The molecule has 2 aliphatic rings. The van der Waals surface area contributed by atoms with Gasteiger partial charge in [0, 0.05) is 44.5 Å². The van der Waals surface area contributed by atoms with Crippen molar-refractivity contribution < 1.29 is 4.74 Å². The lowest BCUT2D eigenvalue weighted by Gasteiger charge is -2.25. The molecule has 0 bridgehead atoms. The summed E-state index contributed by atoms with van der Waals surface area (Å²) in [5.41, 5.74) is 6.25. The molecule has 33 heavy (non-hydrogen) atoms. The predicted molar refractivity (Wildman–Crippen MR) is 130 cm³/mol. The number of rotatable bonds is 4. The van der Waals surface area contributed by atoms with Crippen LogP contribution in [0.4, 0.5) is 11.6 Å². The van der Waals surface area contributed by atoms with Crippen molar-refractivity contribution in [3.8, 4) is 11.4 Å². The summed E-state index contributed by atoms with van der Waals surface area (Å²) >= 11 is 0. The number of anilines is 2. The standard InChI is InChI=1S/C25H29N7O/c1-16-6-5-7-19-24(16)29-25(17(2)26-19)20-14-22-28-21(31-10-3-4-11-31)15-23(32(22)30-20)27-18-8-12-33-13-9-18/h5-7,14-15,18,27H,3-4,8-13H2,1-2H3. The summed E-state index contributed by atoms with van der Waals surface area (Å²) in [6, 6.07) is 10.7. The van der Waals surface area contributed by atoms with Crippen LogP contribution in [-0.4, -0.2) is 56.9 Å². The Morgan fingerprint density at radius 2 is 1.82 bits per heavy atom. The van der Waals surface area contributed by atoms with Gasteiger partial charge in [0.25, 0.3) is 0 Å². The molecule has 8 heteroatoms. The van der Waals surface area contributed by atoms with Crippen LogP contribution in [0.25, 0.3) is 28.1 Å². The lowest BCUT2D eigenvalue weighted by molar-refractivity contribution is 0.0903. The molecule has 0 atom stereocenters. The quantitative estimate of drug-likeness (QED) is 0.507. The molecule has 0 aliphatic carbocycles. The molecule has 4 aromatic rings. The van der Waals surface area contributed by atoms with Crippen molar-refractivity contribution in [2.45, 2.75) is 45.6 Å². The Morgan fingerprint density at radius 3 is 2.64 bits per heavy atom. The number of hydrogen-bond donors (Lipinski definition) is 1. The highest BCUT2D eigenvalue weighted by atomic mass is 16.5. The first-order valence-corrected chi connectivity index (χ1v) is 11.9. The lowest BCUT2D eigenvalue weighted by atomic mass is 10.1. The first-order valence-electron chi connectivity index (χ1n) is 11.9. The van der Waals surface area contributed by atoms with Crippen LogP contribution in [-0.2, 0) is 4.74 Å². The van der Waals surface area contributed by atoms with E-state index in [4.69, 9.17) is 24.8 Å². The molecule has 170 valence electrons. The molecule has 6 rings (SSSR count). The van der Waals surface area contributed by atoms with E-state index >= 15 is 0 Å². The van der Waals surface area contributed by atoms with E-state index in [1.54, 1.807) is 0 Å². The average Bonchev–Trinajstić information content (AvgIpc) is 3.50. The topological polar surface area (TPSA) is 80.5 Å². The molecule has 5 heterocycles. The highest BCUT2D eigenvalue weighted by Gasteiger charge is 2.21. The summed E-state index contributed by atoms with van der Waals surface area (Å²) in [4.78, 5) is 17.1. The van der Waals surface area contributed by atoms with E-state index in [1.165, 1.54) is 12.8 Å². The van der Waals surface area contributed by atoms with Crippen LogP contribution in [0, 0.1) is 13.8 Å². The monoisotopic (exact) mass is 443 g/mol. The molecule has 8 nitrogen and oxygen atoms in total. The highest BCUT2D eigenvalue weighted by Crippen LogP contribution is 2.29. The second-order valence-electron chi connectivity index (χ2n) is 9.12. The number of hydrogen-bond acceptors (Lipinski definition) is 7. The summed E-state index contributed by atoms with van der Waals surface area (Å²) in [5, 5.41) is 8.68. The second-order valence-corrected chi connectivity index (χ2v) is 9.12. The van der Waals surface area contributed by atoms with Gasteiger partial charge in [0.15, 0.2) is 5.65 Å². The Hall–Kier alpha value is -3.26. The van der Waals surface area contributed by atoms with E-state index in [9.17, 15) is 0 Å². The Morgan fingerprint density at radius 1 is 1.00 bits per heavy atom. The molecule has 0 spiro atoms. The molecule has 2 aliphatic heterocycles. The van der Waals surface area contributed by atoms with Crippen LogP contribution in [0.2, 0.25) is 0 Å². The fraction of sp³-hybridized carbons (Fsp3) is 0.440. The van der Waals surface area contributed by atoms with E-state index in [-0.39, 0.29) is 0 Å².